The van der Waals surface area contributed by atoms with E-state index < -0.39 is 17.7 Å². The zero-order valence-corrected chi connectivity index (χ0v) is 12.7. The van der Waals surface area contributed by atoms with E-state index in [9.17, 15) is 4.79 Å². The van der Waals surface area contributed by atoms with E-state index in [-0.39, 0.29) is 0 Å². The van der Waals surface area contributed by atoms with E-state index in [2.05, 4.69) is 0 Å². The van der Waals surface area contributed by atoms with Crippen molar-refractivity contribution >= 4 is 5.97 Å². The number of carbonyl (C=O) groups is 1. The van der Waals surface area contributed by atoms with Gasteiger partial charge in [-0.25, -0.2) is 0 Å². The van der Waals surface area contributed by atoms with Crippen LogP contribution in [0.5, 0.6) is 0 Å². The lowest BCUT2D eigenvalue weighted by molar-refractivity contribution is -0.149. The monoisotopic (exact) mass is 298 g/mol. The molecule has 1 unspecified atom stereocenters. The standard InChI is InChI=1S/C18H22N2O2/c1-14(21)22-17(19)18(20,12-15-8-4-2-5-9-15)13-16-10-6-3-7-11-16/h2-11,17H,12-13,19-20H2,1H3. The molecule has 116 valence electrons. The van der Waals surface area contributed by atoms with Crippen LogP contribution in [-0.2, 0) is 22.4 Å². The highest BCUT2D eigenvalue weighted by Crippen LogP contribution is 2.20. The quantitative estimate of drug-likeness (QED) is 0.632. The number of ether oxygens (including phenoxy) is 1. The molecule has 0 radical (unpaired) electrons. The molecule has 0 fully saturated rings. The normalized spacial score (nSPS) is 12.7. The van der Waals surface area contributed by atoms with Crippen LogP contribution in [0.3, 0.4) is 0 Å². The van der Waals surface area contributed by atoms with E-state index in [1.54, 1.807) is 0 Å². The van der Waals surface area contributed by atoms with Crippen LogP contribution in [0.1, 0.15) is 18.1 Å². The average molecular weight is 298 g/mol. The fourth-order valence-corrected chi connectivity index (χ4v) is 2.51. The van der Waals surface area contributed by atoms with E-state index in [0.717, 1.165) is 11.1 Å². The molecule has 2 rings (SSSR count). The van der Waals surface area contributed by atoms with Crippen LogP contribution >= 0.6 is 0 Å². The zero-order chi connectivity index (χ0) is 16.0. The summed E-state index contributed by atoms with van der Waals surface area (Å²) in [4.78, 5) is 11.2. The highest BCUT2D eigenvalue weighted by molar-refractivity contribution is 5.66. The molecule has 2 aromatic rings. The summed E-state index contributed by atoms with van der Waals surface area (Å²) in [6.07, 6.45) is 0.180. The van der Waals surface area contributed by atoms with Crippen molar-refractivity contribution < 1.29 is 9.53 Å². The summed E-state index contributed by atoms with van der Waals surface area (Å²) in [5, 5.41) is 0. The maximum Gasteiger partial charge on any atom is 0.304 e. The molecule has 2 aromatic carbocycles. The van der Waals surface area contributed by atoms with Crippen molar-refractivity contribution in [2.75, 3.05) is 0 Å². The topological polar surface area (TPSA) is 78.3 Å². The number of hydrogen-bond acceptors (Lipinski definition) is 4. The number of carbonyl (C=O) groups excluding carboxylic acids is 1. The molecular formula is C18H22N2O2. The Hall–Kier alpha value is -2.17. The van der Waals surface area contributed by atoms with Gasteiger partial charge in [-0.3, -0.25) is 10.5 Å². The number of nitrogens with two attached hydrogens (primary N) is 2. The van der Waals surface area contributed by atoms with Crippen LogP contribution in [0, 0.1) is 0 Å². The predicted octanol–water partition coefficient (Wildman–Crippen LogP) is 2.02. The highest BCUT2D eigenvalue weighted by Gasteiger charge is 2.35. The van der Waals surface area contributed by atoms with Gasteiger partial charge < -0.3 is 10.5 Å². The van der Waals surface area contributed by atoms with Crippen molar-refractivity contribution in [2.24, 2.45) is 11.5 Å². The molecule has 0 saturated heterocycles. The summed E-state index contributed by atoms with van der Waals surface area (Å²) < 4.78 is 5.17. The fraction of sp³-hybridized carbons (Fsp3) is 0.278. The molecule has 0 bridgehead atoms. The molecule has 0 aliphatic carbocycles. The second-order valence-corrected chi connectivity index (χ2v) is 5.59. The Morgan fingerprint density at radius 3 is 1.77 bits per heavy atom. The Labute approximate surface area is 131 Å². The molecule has 0 spiro atoms. The van der Waals surface area contributed by atoms with Crippen molar-refractivity contribution in [3.8, 4) is 0 Å². The molecule has 1 atom stereocenters. The van der Waals surface area contributed by atoms with Crippen LogP contribution in [0.15, 0.2) is 60.7 Å². The van der Waals surface area contributed by atoms with E-state index in [4.69, 9.17) is 16.2 Å². The molecule has 4 heteroatoms. The van der Waals surface area contributed by atoms with Crippen LogP contribution in [0.2, 0.25) is 0 Å². The van der Waals surface area contributed by atoms with Gasteiger partial charge in [0.15, 0.2) is 6.23 Å². The molecule has 0 aliphatic rings. The van der Waals surface area contributed by atoms with Gasteiger partial charge in [0.1, 0.15) is 0 Å². The van der Waals surface area contributed by atoms with Crippen molar-refractivity contribution in [1.82, 2.24) is 0 Å². The fourth-order valence-electron chi connectivity index (χ4n) is 2.51. The Morgan fingerprint density at radius 1 is 1.00 bits per heavy atom. The first-order chi connectivity index (χ1) is 10.5. The maximum atomic E-state index is 11.2. The second kappa shape index (κ2) is 7.20. The zero-order valence-electron chi connectivity index (χ0n) is 12.7. The van der Waals surface area contributed by atoms with E-state index in [1.807, 2.05) is 60.7 Å². The van der Waals surface area contributed by atoms with Gasteiger partial charge in [-0.1, -0.05) is 60.7 Å². The first-order valence-electron chi connectivity index (χ1n) is 7.29. The van der Waals surface area contributed by atoms with Crippen molar-refractivity contribution in [2.45, 2.75) is 31.5 Å². The lowest BCUT2D eigenvalue weighted by atomic mass is 9.84. The minimum Gasteiger partial charge on any atom is -0.445 e. The Bertz CT molecular complexity index is 557. The Balaban J connectivity index is 2.24. The molecule has 0 saturated carbocycles. The maximum absolute atomic E-state index is 11.2. The van der Waals surface area contributed by atoms with Gasteiger partial charge in [-0.05, 0) is 24.0 Å². The summed E-state index contributed by atoms with van der Waals surface area (Å²) >= 11 is 0. The second-order valence-electron chi connectivity index (χ2n) is 5.59. The third kappa shape index (κ3) is 4.41. The largest absolute Gasteiger partial charge is 0.445 e. The first-order valence-corrected chi connectivity index (χ1v) is 7.29. The predicted molar refractivity (Wildman–Crippen MR) is 87.0 cm³/mol. The van der Waals surface area contributed by atoms with Crippen molar-refractivity contribution in [1.29, 1.82) is 0 Å². The number of esters is 1. The lowest BCUT2D eigenvalue weighted by Gasteiger charge is -2.34. The number of benzene rings is 2. The van der Waals surface area contributed by atoms with Crippen LogP contribution in [0.4, 0.5) is 0 Å². The summed E-state index contributed by atoms with van der Waals surface area (Å²) in [5.41, 5.74) is 13.9. The SMILES string of the molecule is CC(=O)OC(N)C(N)(Cc1ccccc1)Cc1ccccc1. The van der Waals surface area contributed by atoms with Gasteiger partial charge in [0.25, 0.3) is 0 Å². The average Bonchev–Trinajstić information content (AvgIpc) is 2.48. The van der Waals surface area contributed by atoms with Gasteiger partial charge in [0.05, 0.1) is 5.54 Å². The molecule has 4 N–H and O–H groups in total. The van der Waals surface area contributed by atoms with Crippen molar-refractivity contribution in [3.05, 3.63) is 71.8 Å². The number of rotatable bonds is 6. The van der Waals surface area contributed by atoms with Gasteiger partial charge >= 0.3 is 5.97 Å². The van der Waals surface area contributed by atoms with Crippen LogP contribution in [0.25, 0.3) is 0 Å². The van der Waals surface area contributed by atoms with Gasteiger partial charge in [-0.15, -0.1) is 0 Å². The third-order valence-corrected chi connectivity index (χ3v) is 3.61. The lowest BCUT2D eigenvalue weighted by Crippen LogP contribution is -2.60. The molecule has 0 heterocycles. The van der Waals surface area contributed by atoms with Crippen molar-refractivity contribution in [3.63, 3.8) is 0 Å². The highest BCUT2D eigenvalue weighted by atomic mass is 16.6. The Morgan fingerprint density at radius 2 is 1.41 bits per heavy atom. The molecule has 0 amide bonds. The van der Waals surface area contributed by atoms with Gasteiger partial charge in [0, 0.05) is 6.92 Å². The summed E-state index contributed by atoms with van der Waals surface area (Å²) in [7, 11) is 0. The van der Waals surface area contributed by atoms with Crippen LogP contribution in [-0.4, -0.2) is 17.7 Å². The Kier molecular flexibility index (Phi) is 5.31. The molecule has 0 aliphatic heterocycles. The summed E-state index contributed by atoms with van der Waals surface area (Å²) in [6.45, 7) is 1.34. The molecular weight excluding hydrogens is 276 g/mol. The van der Waals surface area contributed by atoms with Gasteiger partial charge in [0.2, 0.25) is 0 Å². The van der Waals surface area contributed by atoms with Crippen LogP contribution < -0.4 is 11.5 Å². The van der Waals surface area contributed by atoms with E-state index >= 15 is 0 Å². The number of hydrogen-bond donors (Lipinski definition) is 2. The molecule has 0 aromatic heterocycles. The molecule has 4 nitrogen and oxygen atoms in total. The minimum atomic E-state index is -0.870. The van der Waals surface area contributed by atoms with E-state index in [1.165, 1.54) is 6.92 Å². The third-order valence-electron chi connectivity index (χ3n) is 3.61. The summed E-state index contributed by atoms with van der Waals surface area (Å²) in [6, 6.07) is 19.7. The summed E-state index contributed by atoms with van der Waals surface area (Å²) in [5.74, 6) is -0.427. The minimum absolute atomic E-state index is 0.427. The van der Waals surface area contributed by atoms with Gasteiger partial charge in [-0.2, -0.15) is 0 Å². The molecule has 22 heavy (non-hydrogen) atoms. The smallest absolute Gasteiger partial charge is 0.304 e. The van der Waals surface area contributed by atoms with E-state index in [0.29, 0.717) is 12.8 Å². The first kappa shape index (κ1) is 16.2.